The molecule has 0 aliphatic carbocycles. The molecule has 1 fully saturated rings. The molecule has 1 saturated heterocycles. The van der Waals surface area contributed by atoms with Crippen molar-refractivity contribution in [1.29, 1.82) is 0 Å². The third-order valence-corrected chi connectivity index (χ3v) is 6.05. The van der Waals surface area contributed by atoms with Crippen LogP contribution in [0.2, 0.25) is 0 Å². The van der Waals surface area contributed by atoms with E-state index in [1.54, 1.807) is 26.8 Å². The van der Waals surface area contributed by atoms with Crippen LogP contribution in [0.3, 0.4) is 0 Å². The lowest BCUT2D eigenvalue weighted by molar-refractivity contribution is -0.388. The quantitative estimate of drug-likeness (QED) is 0.668. The van der Waals surface area contributed by atoms with Crippen LogP contribution in [0.5, 0.6) is 0 Å². The smallest absolute Gasteiger partial charge is 0.289 e. The molecule has 1 aliphatic heterocycles. The standard InChI is InChI=1S/C13H19N3O4S/c1-9-4-5-12(16(17)18)13(11(9)3)21(19,20)15-7-6-14-8-10(15)2/h4-5,10,14H,6-8H2,1-3H3. The molecule has 1 aromatic carbocycles. The second-order valence-corrected chi connectivity index (χ2v) is 7.11. The SMILES string of the molecule is Cc1ccc([N+](=O)[O-])c(S(=O)(=O)N2CCNCC2C)c1C. The number of hydrogen-bond donors (Lipinski definition) is 1. The predicted molar refractivity (Wildman–Crippen MR) is 78.8 cm³/mol. The Morgan fingerprint density at radius 3 is 2.62 bits per heavy atom. The van der Waals surface area contributed by atoms with Crippen LogP contribution < -0.4 is 5.32 Å². The van der Waals surface area contributed by atoms with Crippen molar-refractivity contribution in [3.63, 3.8) is 0 Å². The van der Waals surface area contributed by atoms with E-state index < -0.39 is 14.9 Å². The Morgan fingerprint density at radius 2 is 2.05 bits per heavy atom. The van der Waals surface area contributed by atoms with E-state index in [0.717, 1.165) is 5.56 Å². The van der Waals surface area contributed by atoms with Crippen LogP contribution in [-0.4, -0.2) is 43.3 Å². The van der Waals surface area contributed by atoms with Gasteiger partial charge in [-0.05, 0) is 31.9 Å². The monoisotopic (exact) mass is 313 g/mol. The first-order chi connectivity index (χ1) is 9.76. The van der Waals surface area contributed by atoms with E-state index >= 15 is 0 Å². The molecule has 0 aromatic heterocycles. The molecule has 1 unspecified atom stereocenters. The summed E-state index contributed by atoms with van der Waals surface area (Å²) < 4.78 is 27.1. The number of nitro groups is 1. The fraction of sp³-hybridized carbons (Fsp3) is 0.538. The Kier molecular flexibility index (Phi) is 4.31. The van der Waals surface area contributed by atoms with Gasteiger partial charge in [0.15, 0.2) is 4.90 Å². The molecule has 1 aromatic rings. The number of piperazine rings is 1. The minimum absolute atomic E-state index is 0.179. The summed E-state index contributed by atoms with van der Waals surface area (Å²) in [6.07, 6.45) is 0. The van der Waals surface area contributed by atoms with Crippen LogP contribution in [0.25, 0.3) is 0 Å². The van der Waals surface area contributed by atoms with Gasteiger partial charge in [0.2, 0.25) is 0 Å². The predicted octanol–water partition coefficient (Wildman–Crippen LogP) is 1.19. The number of rotatable bonds is 3. The molecule has 0 amide bonds. The Labute approximate surface area is 124 Å². The van der Waals surface area contributed by atoms with Crippen molar-refractivity contribution in [3.8, 4) is 0 Å². The molecular formula is C13H19N3O4S. The van der Waals surface area contributed by atoms with Gasteiger partial charge < -0.3 is 5.32 Å². The Balaban J connectivity index is 2.64. The van der Waals surface area contributed by atoms with Gasteiger partial charge in [-0.25, -0.2) is 8.42 Å². The molecule has 2 rings (SSSR count). The largest absolute Gasteiger partial charge is 0.314 e. The molecule has 0 radical (unpaired) electrons. The number of aryl methyl sites for hydroxylation is 1. The molecule has 1 aliphatic rings. The maximum Gasteiger partial charge on any atom is 0.289 e. The Morgan fingerprint density at radius 1 is 1.38 bits per heavy atom. The molecule has 0 spiro atoms. The van der Waals surface area contributed by atoms with Gasteiger partial charge in [0.05, 0.1) is 4.92 Å². The molecule has 0 saturated carbocycles. The van der Waals surface area contributed by atoms with Crippen molar-refractivity contribution in [2.75, 3.05) is 19.6 Å². The van der Waals surface area contributed by atoms with Gasteiger partial charge in [0, 0.05) is 31.7 Å². The van der Waals surface area contributed by atoms with Crippen molar-refractivity contribution in [2.45, 2.75) is 31.7 Å². The second-order valence-electron chi connectivity index (χ2n) is 5.28. The summed E-state index contributed by atoms with van der Waals surface area (Å²) in [5.41, 5.74) is 0.806. The normalized spacial score (nSPS) is 20.4. The van der Waals surface area contributed by atoms with Crippen molar-refractivity contribution in [3.05, 3.63) is 33.4 Å². The van der Waals surface area contributed by atoms with E-state index in [1.165, 1.54) is 10.4 Å². The van der Waals surface area contributed by atoms with Crippen LogP contribution in [0.1, 0.15) is 18.1 Å². The summed E-state index contributed by atoms with van der Waals surface area (Å²) in [6, 6.07) is 2.61. The average molecular weight is 313 g/mol. The lowest BCUT2D eigenvalue weighted by Crippen LogP contribution is -2.52. The van der Waals surface area contributed by atoms with Crippen molar-refractivity contribution < 1.29 is 13.3 Å². The van der Waals surface area contributed by atoms with Crippen LogP contribution >= 0.6 is 0 Å². The fourth-order valence-corrected chi connectivity index (χ4v) is 4.61. The van der Waals surface area contributed by atoms with Crippen LogP contribution in [0.4, 0.5) is 5.69 Å². The number of benzene rings is 1. The summed E-state index contributed by atoms with van der Waals surface area (Å²) in [4.78, 5) is 10.4. The minimum atomic E-state index is -3.89. The zero-order valence-electron chi connectivity index (χ0n) is 12.3. The highest BCUT2D eigenvalue weighted by Gasteiger charge is 2.37. The van der Waals surface area contributed by atoms with Gasteiger partial charge in [0.25, 0.3) is 15.7 Å². The number of nitrogens with zero attached hydrogens (tertiary/aromatic N) is 2. The summed E-state index contributed by atoms with van der Waals surface area (Å²) in [7, 11) is -3.89. The first-order valence-corrected chi connectivity index (χ1v) is 8.18. The van der Waals surface area contributed by atoms with Gasteiger partial charge in [0.1, 0.15) is 0 Å². The number of sulfonamides is 1. The van der Waals surface area contributed by atoms with E-state index in [-0.39, 0.29) is 16.6 Å². The van der Waals surface area contributed by atoms with Gasteiger partial charge >= 0.3 is 0 Å². The molecule has 1 heterocycles. The second kappa shape index (κ2) is 5.70. The third kappa shape index (κ3) is 2.78. The van der Waals surface area contributed by atoms with Gasteiger partial charge in [-0.3, -0.25) is 10.1 Å². The lowest BCUT2D eigenvalue weighted by Gasteiger charge is -2.33. The van der Waals surface area contributed by atoms with E-state index in [0.29, 0.717) is 25.2 Å². The molecular weight excluding hydrogens is 294 g/mol. The molecule has 1 atom stereocenters. The first-order valence-electron chi connectivity index (χ1n) is 6.74. The molecule has 8 heteroatoms. The highest BCUT2D eigenvalue weighted by atomic mass is 32.2. The Hall–Kier alpha value is -1.51. The maximum atomic E-state index is 12.9. The number of hydrogen-bond acceptors (Lipinski definition) is 5. The molecule has 1 N–H and O–H groups in total. The molecule has 7 nitrogen and oxygen atoms in total. The summed E-state index contributed by atoms with van der Waals surface area (Å²) >= 11 is 0. The zero-order chi connectivity index (χ0) is 15.8. The Bertz CT molecular complexity index is 672. The number of nitro benzene ring substituents is 1. The van der Waals surface area contributed by atoms with E-state index in [9.17, 15) is 18.5 Å². The summed E-state index contributed by atoms with van der Waals surface area (Å²) in [6.45, 7) is 6.55. The summed E-state index contributed by atoms with van der Waals surface area (Å²) in [5.74, 6) is 0. The molecule has 0 bridgehead atoms. The van der Waals surface area contributed by atoms with Gasteiger partial charge in [-0.1, -0.05) is 6.07 Å². The van der Waals surface area contributed by atoms with Crippen molar-refractivity contribution in [2.24, 2.45) is 0 Å². The van der Waals surface area contributed by atoms with Crippen molar-refractivity contribution >= 4 is 15.7 Å². The highest BCUT2D eigenvalue weighted by Crippen LogP contribution is 2.32. The zero-order valence-corrected chi connectivity index (χ0v) is 13.1. The third-order valence-electron chi connectivity index (χ3n) is 3.86. The fourth-order valence-electron chi connectivity index (χ4n) is 2.54. The minimum Gasteiger partial charge on any atom is -0.314 e. The maximum absolute atomic E-state index is 12.9. The van der Waals surface area contributed by atoms with E-state index in [2.05, 4.69) is 5.32 Å². The molecule has 116 valence electrons. The van der Waals surface area contributed by atoms with E-state index in [4.69, 9.17) is 0 Å². The van der Waals surface area contributed by atoms with Crippen LogP contribution in [-0.2, 0) is 10.0 Å². The first kappa shape index (κ1) is 15.9. The number of nitrogens with one attached hydrogen (secondary N) is 1. The van der Waals surface area contributed by atoms with Crippen LogP contribution in [0.15, 0.2) is 17.0 Å². The van der Waals surface area contributed by atoms with Crippen molar-refractivity contribution in [1.82, 2.24) is 9.62 Å². The summed E-state index contributed by atoms with van der Waals surface area (Å²) in [5, 5.41) is 14.3. The van der Waals surface area contributed by atoms with Gasteiger partial charge in [-0.2, -0.15) is 4.31 Å². The van der Waals surface area contributed by atoms with Crippen LogP contribution in [0, 0.1) is 24.0 Å². The van der Waals surface area contributed by atoms with Gasteiger partial charge in [-0.15, -0.1) is 0 Å². The van der Waals surface area contributed by atoms with E-state index in [1.807, 2.05) is 0 Å². The topological polar surface area (TPSA) is 92.5 Å². The molecule has 21 heavy (non-hydrogen) atoms. The lowest BCUT2D eigenvalue weighted by atomic mass is 10.1. The highest BCUT2D eigenvalue weighted by molar-refractivity contribution is 7.89. The average Bonchev–Trinajstić information content (AvgIpc) is 2.41.